The second-order valence-electron chi connectivity index (χ2n) is 12.2. The highest BCUT2D eigenvalue weighted by atomic mass is 19.4. The van der Waals surface area contributed by atoms with Gasteiger partial charge in [0.1, 0.15) is 30.1 Å². The summed E-state index contributed by atoms with van der Waals surface area (Å²) >= 11 is 0. The van der Waals surface area contributed by atoms with Crippen molar-refractivity contribution in [3.8, 4) is 11.5 Å². The van der Waals surface area contributed by atoms with Crippen molar-refractivity contribution >= 4 is 29.6 Å². The first-order valence-corrected chi connectivity index (χ1v) is 15.2. The molecule has 12 nitrogen and oxygen atoms in total. The highest BCUT2D eigenvalue weighted by Gasteiger charge is 2.43. The maximum absolute atomic E-state index is 13.9. The van der Waals surface area contributed by atoms with Gasteiger partial charge in [0.25, 0.3) is 0 Å². The molecule has 1 aliphatic heterocycles. The Balaban J connectivity index is 0.000000838. The largest absolute Gasteiger partial charge is 0.542 e. The van der Waals surface area contributed by atoms with Crippen LogP contribution in [0.1, 0.15) is 41.8 Å². The van der Waals surface area contributed by atoms with Crippen LogP contribution in [0, 0.1) is 0 Å². The van der Waals surface area contributed by atoms with Gasteiger partial charge in [0.2, 0.25) is 5.91 Å². The Labute approximate surface area is 281 Å². The van der Waals surface area contributed by atoms with Gasteiger partial charge in [-0.3, -0.25) is 4.79 Å². The van der Waals surface area contributed by atoms with Crippen LogP contribution in [0.2, 0.25) is 0 Å². The molecular weight excluding hydrogens is 649 g/mol. The minimum absolute atomic E-state index is 0.0977. The summed E-state index contributed by atoms with van der Waals surface area (Å²) in [6.45, 7) is 5.51. The van der Waals surface area contributed by atoms with Gasteiger partial charge in [-0.25, -0.2) is 9.59 Å². The molecule has 3 aromatic carbocycles. The molecule has 3 aromatic rings. The predicted octanol–water partition coefficient (Wildman–Crippen LogP) is 3.31. The molecule has 264 valence electrons. The fourth-order valence-electron chi connectivity index (χ4n) is 5.53. The van der Waals surface area contributed by atoms with E-state index >= 15 is 0 Å². The van der Waals surface area contributed by atoms with Crippen molar-refractivity contribution in [2.45, 2.75) is 57.6 Å². The summed E-state index contributed by atoms with van der Waals surface area (Å²) in [7, 11) is 2.09. The van der Waals surface area contributed by atoms with Crippen molar-refractivity contribution in [2.24, 2.45) is 5.73 Å². The number of quaternary nitrogens is 1. The summed E-state index contributed by atoms with van der Waals surface area (Å²) in [4.78, 5) is 49.4. The minimum atomic E-state index is -5.19. The van der Waals surface area contributed by atoms with E-state index in [0.29, 0.717) is 35.2 Å². The Hall–Kier alpha value is -5.31. The van der Waals surface area contributed by atoms with E-state index in [2.05, 4.69) is 12.4 Å². The van der Waals surface area contributed by atoms with Crippen molar-refractivity contribution < 1.29 is 56.9 Å². The molecule has 5 N–H and O–H groups in total. The molecule has 0 aromatic heterocycles. The Morgan fingerprint density at radius 2 is 1.61 bits per heavy atom. The summed E-state index contributed by atoms with van der Waals surface area (Å²) < 4.78 is 37.4. The molecule has 0 saturated carbocycles. The average Bonchev–Trinajstić information content (AvgIpc) is 3.38. The number of esters is 1. The fraction of sp³-hybridized carbons (Fsp3) is 0.353. The number of amides is 3. The zero-order chi connectivity index (χ0) is 36.5. The van der Waals surface area contributed by atoms with Gasteiger partial charge < -0.3 is 45.3 Å². The van der Waals surface area contributed by atoms with E-state index in [0.717, 1.165) is 17.7 Å². The van der Waals surface area contributed by atoms with Crippen LogP contribution in [-0.4, -0.2) is 88.0 Å². The summed E-state index contributed by atoms with van der Waals surface area (Å²) in [5, 5.41) is 31.3. The number of primary amides is 1. The summed E-state index contributed by atoms with van der Waals surface area (Å²) in [5.41, 5.74) is 8.45. The van der Waals surface area contributed by atoms with Crippen molar-refractivity contribution in [1.82, 2.24) is 4.90 Å². The number of ether oxygens (including phenoxy) is 1. The Morgan fingerprint density at radius 3 is 2.14 bits per heavy atom. The van der Waals surface area contributed by atoms with Crippen molar-refractivity contribution in [2.75, 3.05) is 25.5 Å². The van der Waals surface area contributed by atoms with Gasteiger partial charge in [0, 0.05) is 24.1 Å². The number of carboxylic acids is 1. The van der Waals surface area contributed by atoms with Crippen LogP contribution < -0.4 is 16.2 Å². The van der Waals surface area contributed by atoms with Gasteiger partial charge in [0.15, 0.2) is 0 Å². The number of rotatable bonds is 10. The molecule has 3 atom stereocenters. The van der Waals surface area contributed by atoms with Crippen LogP contribution in [0.3, 0.4) is 0 Å². The van der Waals surface area contributed by atoms with Crippen LogP contribution in [0.25, 0.3) is 0 Å². The number of likely N-dealkylation sites (N-methyl/N-ethyl adjacent to an activating group) is 1. The number of carbonyl (C=O) groups is 4. The first kappa shape index (κ1) is 38.1. The SMILES string of the molecule is CC(C)OC(=O)c1ccc(NC(=O)N([C@@H]2CC[N+](C)(Cc3cccc(O)c3)C2)[C@@H](Cc2ccc(O)cc2)C(N)=O)cc1.O=C([O-])C(F)(F)F. The number of benzene rings is 3. The quantitative estimate of drug-likeness (QED) is 0.185. The van der Waals surface area contributed by atoms with Gasteiger partial charge in [-0.2, -0.15) is 13.2 Å². The summed E-state index contributed by atoms with van der Waals surface area (Å²) in [6.07, 6.45) is -4.63. The molecule has 1 saturated heterocycles. The van der Waals surface area contributed by atoms with E-state index in [1.54, 1.807) is 73.3 Å². The third kappa shape index (κ3) is 11.4. The molecule has 1 heterocycles. The van der Waals surface area contributed by atoms with Crippen LogP contribution in [-0.2, 0) is 27.3 Å². The second-order valence-corrected chi connectivity index (χ2v) is 12.2. The number of halogens is 3. The number of alkyl halides is 3. The smallest absolute Gasteiger partial charge is 0.430 e. The number of likely N-dealkylation sites (tertiary alicyclic amines) is 1. The number of aliphatic carboxylic acids is 1. The monoisotopic (exact) mass is 688 g/mol. The first-order valence-electron chi connectivity index (χ1n) is 15.2. The van der Waals surface area contributed by atoms with E-state index in [4.69, 9.17) is 20.4 Å². The zero-order valence-electron chi connectivity index (χ0n) is 27.1. The zero-order valence-corrected chi connectivity index (χ0v) is 27.1. The number of hydrogen-bond acceptors (Lipinski definition) is 8. The maximum Gasteiger partial charge on any atom is 0.430 e. The molecule has 0 radical (unpaired) electrons. The predicted molar refractivity (Wildman–Crippen MR) is 170 cm³/mol. The van der Waals surface area contributed by atoms with Crippen molar-refractivity contribution in [1.29, 1.82) is 0 Å². The minimum Gasteiger partial charge on any atom is -0.542 e. The molecule has 4 rings (SSSR count). The molecule has 0 spiro atoms. The van der Waals surface area contributed by atoms with Crippen LogP contribution >= 0.6 is 0 Å². The van der Waals surface area contributed by atoms with E-state index in [1.807, 2.05) is 6.07 Å². The molecule has 1 fully saturated rings. The van der Waals surface area contributed by atoms with E-state index in [1.165, 1.54) is 12.1 Å². The lowest BCUT2D eigenvalue weighted by Gasteiger charge is -2.36. The number of anilines is 1. The number of phenols is 2. The van der Waals surface area contributed by atoms with Crippen LogP contribution in [0.5, 0.6) is 11.5 Å². The van der Waals surface area contributed by atoms with Gasteiger partial charge >= 0.3 is 18.2 Å². The lowest BCUT2D eigenvalue weighted by atomic mass is 10.0. The van der Waals surface area contributed by atoms with Crippen molar-refractivity contribution in [3.05, 3.63) is 89.5 Å². The first-order chi connectivity index (χ1) is 22.9. The van der Waals surface area contributed by atoms with E-state index in [-0.39, 0.29) is 30.1 Å². The summed E-state index contributed by atoms with van der Waals surface area (Å²) in [5.74, 6) is -3.81. The molecule has 0 bridgehead atoms. The Kier molecular flexibility index (Phi) is 12.6. The number of carbonyl (C=O) groups excluding carboxylic acids is 4. The number of aromatic hydroxyl groups is 2. The van der Waals surface area contributed by atoms with E-state index in [9.17, 15) is 37.8 Å². The summed E-state index contributed by atoms with van der Waals surface area (Å²) in [6, 6.07) is 18.2. The number of carboxylic acid groups (broad SMARTS) is 1. The lowest BCUT2D eigenvalue weighted by molar-refractivity contribution is -0.911. The van der Waals surface area contributed by atoms with Crippen molar-refractivity contribution in [3.63, 3.8) is 0 Å². The number of nitrogens with one attached hydrogen (secondary N) is 1. The lowest BCUT2D eigenvalue weighted by Crippen LogP contribution is -2.56. The third-order valence-corrected chi connectivity index (χ3v) is 7.73. The molecule has 1 aliphatic rings. The van der Waals surface area contributed by atoms with Crippen LogP contribution in [0.15, 0.2) is 72.8 Å². The average molecular weight is 689 g/mol. The standard InChI is InChI=1S/C32H38N4O6.C2HF3O2/c1-21(2)42-31(40)24-9-11-25(12-10-24)34-32(41)35(29(30(33)39)18-22-7-13-27(37)14-8-22)26-15-16-36(3,20-26)19-23-5-4-6-28(38)17-23;3-2(4,5)1(6)7/h4-14,17,21,26,29H,15-16,18-20H2,1-3H3,(H4-,33,34,37,38,39,40,41);(H,6,7)/t26-,29+,36?;/m1./s1. The van der Waals surface area contributed by atoms with Gasteiger partial charge in [-0.1, -0.05) is 24.3 Å². The number of phenolic OH excluding ortho intramolecular Hbond substituents is 2. The Bertz CT molecular complexity index is 1620. The maximum atomic E-state index is 13.9. The van der Waals surface area contributed by atoms with Gasteiger partial charge in [-0.15, -0.1) is 0 Å². The normalized spacial score (nSPS) is 17.7. The van der Waals surface area contributed by atoms with E-state index < -0.39 is 36.1 Å². The third-order valence-electron chi connectivity index (χ3n) is 7.73. The van der Waals surface area contributed by atoms with Gasteiger partial charge in [0.05, 0.1) is 37.8 Å². The highest BCUT2D eigenvalue weighted by Crippen LogP contribution is 2.29. The number of urea groups is 1. The number of nitrogens with zero attached hydrogens (tertiary/aromatic N) is 2. The number of hydrogen-bond donors (Lipinski definition) is 4. The van der Waals surface area contributed by atoms with Gasteiger partial charge in [-0.05, 0) is 67.9 Å². The molecule has 0 aliphatic carbocycles. The second kappa shape index (κ2) is 16.2. The number of nitrogens with two attached hydrogens (primary N) is 1. The molecule has 49 heavy (non-hydrogen) atoms. The molecule has 15 heteroatoms. The molecular formula is C34H39F3N4O8. The molecule has 3 amide bonds. The van der Waals surface area contributed by atoms with Crippen LogP contribution in [0.4, 0.5) is 23.7 Å². The molecule has 1 unspecified atom stereocenters. The fourth-order valence-corrected chi connectivity index (χ4v) is 5.53. The topological polar surface area (TPSA) is 182 Å². The highest BCUT2D eigenvalue weighted by molar-refractivity contribution is 5.95. The Morgan fingerprint density at radius 1 is 1.00 bits per heavy atom.